The molecule has 0 bridgehead atoms. The minimum absolute atomic E-state index is 0.280. The number of hydrogen-bond acceptors (Lipinski definition) is 1. The van der Waals surface area contributed by atoms with Crippen LogP contribution in [0.4, 0.5) is 0 Å². The Balaban J connectivity index is 2.86. The van der Waals surface area contributed by atoms with Gasteiger partial charge in [-0.1, -0.05) is 27.7 Å². The summed E-state index contributed by atoms with van der Waals surface area (Å²) in [6, 6.07) is 0. The van der Waals surface area contributed by atoms with Crippen LogP contribution in [0.25, 0.3) is 0 Å². The van der Waals surface area contributed by atoms with Gasteiger partial charge in [0.25, 0.3) is 0 Å². The van der Waals surface area contributed by atoms with Crippen LogP contribution in [0.1, 0.15) is 47.5 Å². The summed E-state index contributed by atoms with van der Waals surface area (Å²) in [4.78, 5) is 0. The Kier molecular flexibility index (Phi) is 2.28. The smallest absolute Gasteiger partial charge is 0.0650 e. The van der Waals surface area contributed by atoms with E-state index in [1.165, 1.54) is 0 Å². The van der Waals surface area contributed by atoms with Gasteiger partial charge in [-0.2, -0.15) is 0 Å². The summed E-state index contributed by atoms with van der Waals surface area (Å²) in [5.74, 6) is 1.13. The zero-order valence-corrected chi connectivity index (χ0v) is 9.02. The van der Waals surface area contributed by atoms with Crippen LogP contribution in [0.15, 0.2) is 0 Å². The topological polar surface area (TPSA) is 20.2 Å². The molecule has 0 saturated heterocycles. The summed E-state index contributed by atoms with van der Waals surface area (Å²) in [5, 5.41) is 10.1. The highest BCUT2D eigenvalue weighted by atomic mass is 16.3. The van der Waals surface area contributed by atoms with E-state index in [-0.39, 0.29) is 5.41 Å². The highest BCUT2D eigenvalue weighted by Gasteiger charge is 2.46. The molecule has 0 aromatic carbocycles. The molecule has 0 aromatic rings. The van der Waals surface area contributed by atoms with Crippen molar-refractivity contribution in [3.8, 4) is 0 Å². The third-order valence-electron chi connectivity index (χ3n) is 4.40. The van der Waals surface area contributed by atoms with Crippen LogP contribution in [0.2, 0.25) is 0 Å². The van der Waals surface area contributed by atoms with E-state index in [2.05, 4.69) is 27.7 Å². The Morgan fingerprint density at radius 1 is 1.17 bits per heavy atom. The van der Waals surface area contributed by atoms with Crippen LogP contribution in [0.5, 0.6) is 0 Å². The van der Waals surface area contributed by atoms with Gasteiger partial charge >= 0.3 is 0 Å². The molecule has 1 fully saturated rings. The van der Waals surface area contributed by atoms with Crippen LogP contribution < -0.4 is 0 Å². The van der Waals surface area contributed by atoms with E-state index in [4.69, 9.17) is 0 Å². The lowest BCUT2D eigenvalue weighted by atomic mass is 9.58. The van der Waals surface area contributed by atoms with Gasteiger partial charge in [-0.3, -0.25) is 0 Å². The van der Waals surface area contributed by atoms with Crippen LogP contribution in [-0.4, -0.2) is 10.7 Å². The molecular formula is C11H22O. The summed E-state index contributed by atoms with van der Waals surface area (Å²) < 4.78 is 0. The quantitative estimate of drug-likeness (QED) is 0.592. The zero-order valence-electron chi connectivity index (χ0n) is 9.02. The van der Waals surface area contributed by atoms with E-state index < -0.39 is 5.60 Å². The summed E-state index contributed by atoms with van der Waals surface area (Å²) in [6.07, 6.45) is 2.11. The highest BCUT2D eigenvalue weighted by molar-refractivity contribution is 4.96. The third kappa shape index (κ3) is 1.39. The van der Waals surface area contributed by atoms with Crippen molar-refractivity contribution in [1.82, 2.24) is 0 Å². The van der Waals surface area contributed by atoms with Crippen molar-refractivity contribution < 1.29 is 5.11 Å². The van der Waals surface area contributed by atoms with Gasteiger partial charge in [0.2, 0.25) is 0 Å². The molecule has 1 rings (SSSR count). The standard InChI is InChI=1S/C11H22O/c1-8-6-7-11(5,12)9(2)10(8,3)4/h8-9,12H,6-7H2,1-5H3/t8-,9-,11+/m0/s1. The average molecular weight is 170 g/mol. The lowest BCUT2D eigenvalue weighted by molar-refractivity contribution is -0.103. The second-order valence-corrected chi connectivity index (χ2v) is 5.34. The third-order valence-corrected chi connectivity index (χ3v) is 4.40. The molecule has 0 aliphatic heterocycles. The molecule has 1 heteroatoms. The molecule has 1 saturated carbocycles. The molecule has 1 N–H and O–H groups in total. The van der Waals surface area contributed by atoms with Crippen LogP contribution in [0.3, 0.4) is 0 Å². The van der Waals surface area contributed by atoms with Gasteiger partial charge < -0.3 is 5.11 Å². The Labute approximate surface area is 76.2 Å². The zero-order chi connectivity index (χ0) is 9.57. The molecule has 1 aliphatic carbocycles. The summed E-state index contributed by atoms with van der Waals surface area (Å²) >= 11 is 0. The van der Waals surface area contributed by atoms with Gasteiger partial charge in [-0.15, -0.1) is 0 Å². The fourth-order valence-corrected chi connectivity index (χ4v) is 2.33. The molecule has 0 unspecified atom stereocenters. The SMILES string of the molecule is C[C@H]1CC[C@@](C)(O)[C@@H](C)C1(C)C. The van der Waals surface area contributed by atoms with Gasteiger partial charge in [-0.05, 0) is 37.0 Å². The molecule has 1 aliphatic rings. The van der Waals surface area contributed by atoms with Crippen molar-refractivity contribution in [3.63, 3.8) is 0 Å². The minimum Gasteiger partial charge on any atom is -0.390 e. The lowest BCUT2D eigenvalue weighted by Gasteiger charge is -2.50. The molecule has 0 heterocycles. The van der Waals surface area contributed by atoms with E-state index in [0.717, 1.165) is 18.8 Å². The van der Waals surface area contributed by atoms with Crippen LogP contribution >= 0.6 is 0 Å². The van der Waals surface area contributed by atoms with Gasteiger partial charge in [0.15, 0.2) is 0 Å². The molecule has 3 atom stereocenters. The van der Waals surface area contributed by atoms with E-state index >= 15 is 0 Å². The Bertz CT molecular complexity index is 170. The molecule has 0 radical (unpaired) electrons. The predicted octanol–water partition coefficient (Wildman–Crippen LogP) is 2.83. The second-order valence-electron chi connectivity index (χ2n) is 5.34. The molecular weight excluding hydrogens is 148 g/mol. The Morgan fingerprint density at radius 2 is 1.67 bits per heavy atom. The Hall–Kier alpha value is -0.0400. The maximum absolute atomic E-state index is 10.1. The van der Waals surface area contributed by atoms with Gasteiger partial charge in [0, 0.05) is 0 Å². The Morgan fingerprint density at radius 3 is 2.08 bits per heavy atom. The van der Waals surface area contributed by atoms with Crippen LogP contribution in [-0.2, 0) is 0 Å². The van der Waals surface area contributed by atoms with Gasteiger partial charge in [-0.25, -0.2) is 0 Å². The number of hydrogen-bond donors (Lipinski definition) is 1. The maximum atomic E-state index is 10.1. The monoisotopic (exact) mass is 170 g/mol. The summed E-state index contributed by atoms with van der Waals surface area (Å²) in [7, 11) is 0. The first-order chi connectivity index (χ1) is 5.28. The van der Waals surface area contributed by atoms with E-state index in [1.807, 2.05) is 6.92 Å². The number of aliphatic hydroxyl groups is 1. The molecule has 0 amide bonds. The van der Waals surface area contributed by atoms with Crippen molar-refractivity contribution in [1.29, 1.82) is 0 Å². The average Bonchev–Trinajstić information content (AvgIpc) is 1.96. The first-order valence-electron chi connectivity index (χ1n) is 5.01. The molecule has 0 spiro atoms. The van der Waals surface area contributed by atoms with Gasteiger partial charge in [0.05, 0.1) is 5.60 Å². The molecule has 72 valence electrons. The summed E-state index contributed by atoms with van der Waals surface area (Å²) in [6.45, 7) is 11.0. The van der Waals surface area contributed by atoms with Gasteiger partial charge in [0.1, 0.15) is 0 Å². The normalized spacial score (nSPS) is 47.5. The van der Waals surface area contributed by atoms with E-state index in [1.54, 1.807) is 0 Å². The molecule has 1 nitrogen and oxygen atoms in total. The van der Waals surface area contributed by atoms with Crippen LogP contribution in [0, 0.1) is 17.3 Å². The van der Waals surface area contributed by atoms with Crippen molar-refractivity contribution in [3.05, 3.63) is 0 Å². The van der Waals surface area contributed by atoms with E-state index in [9.17, 15) is 5.11 Å². The van der Waals surface area contributed by atoms with Crippen molar-refractivity contribution in [2.75, 3.05) is 0 Å². The first kappa shape index (κ1) is 10.0. The first-order valence-corrected chi connectivity index (χ1v) is 5.01. The fraction of sp³-hybridized carbons (Fsp3) is 1.00. The fourth-order valence-electron chi connectivity index (χ4n) is 2.33. The van der Waals surface area contributed by atoms with Crippen molar-refractivity contribution in [2.45, 2.75) is 53.1 Å². The van der Waals surface area contributed by atoms with Crippen molar-refractivity contribution in [2.24, 2.45) is 17.3 Å². The maximum Gasteiger partial charge on any atom is 0.0650 e. The second kappa shape index (κ2) is 2.73. The largest absolute Gasteiger partial charge is 0.390 e. The summed E-state index contributed by atoms with van der Waals surface area (Å²) in [5.41, 5.74) is -0.169. The minimum atomic E-state index is -0.448. The number of rotatable bonds is 0. The molecule has 0 aromatic heterocycles. The van der Waals surface area contributed by atoms with Crippen molar-refractivity contribution >= 4 is 0 Å². The lowest BCUT2D eigenvalue weighted by Crippen LogP contribution is -2.49. The highest BCUT2D eigenvalue weighted by Crippen LogP contribution is 2.48. The molecule has 12 heavy (non-hydrogen) atoms. The van der Waals surface area contributed by atoms with E-state index in [0.29, 0.717) is 5.92 Å². The predicted molar refractivity (Wildman–Crippen MR) is 52.0 cm³/mol.